The first-order valence-electron chi connectivity index (χ1n) is 10.9. The highest BCUT2D eigenvalue weighted by Gasteiger charge is 2.25. The van der Waals surface area contributed by atoms with Gasteiger partial charge in [0.1, 0.15) is 12.9 Å². The minimum Gasteiger partial charge on any atom is -0.295 e. The molecule has 4 aromatic rings. The second-order valence-electron chi connectivity index (χ2n) is 8.91. The van der Waals surface area contributed by atoms with Crippen LogP contribution in [-0.2, 0) is 7.05 Å². The van der Waals surface area contributed by atoms with Gasteiger partial charge in [0.05, 0.1) is 16.8 Å². The summed E-state index contributed by atoms with van der Waals surface area (Å²) in [7, 11) is 2.11. The number of pyridine rings is 1. The van der Waals surface area contributed by atoms with Crippen LogP contribution < -0.4 is 4.57 Å². The molecular formula is C27H32N3+. The molecule has 0 atom stereocenters. The minimum absolute atomic E-state index is 0.436. The molecule has 0 aliphatic carbocycles. The Morgan fingerprint density at radius 1 is 0.833 bits per heavy atom. The Balaban J connectivity index is 2.11. The summed E-state index contributed by atoms with van der Waals surface area (Å²) in [6.07, 6.45) is 2.16. The highest BCUT2D eigenvalue weighted by Crippen LogP contribution is 2.36. The summed E-state index contributed by atoms with van der Waals surface area (Å²) in [5.41, 5.74) is 9.92. The molecule has 2 aromatic carbocycles. The molecule has 0 fully saturated rings. The number of aromatic nitrogens is 3. The molecule has 3 nitrogen and oxygen atoms in total. The summed E-state index contributed by atoms with van der Waals surface area (Å²) in [5.74, 6) is 1.90. The van der Waals surface area contributed by atoms with E-state index in [9.17, 15) is 0 Å². The molecule has 0 bridgehead atoms. The number of hydrogen-bond donors (Lipinski definition) is 0. The van der Waals surface area contributed by atoms with Gasteiger partial charge in [-0.15, -0.1) is 0 Å². The normalized spacial score (nSPS) is 11.8. The fourth-order valence-corrected chi connectivity index (χ4v) is 4.51. The van der Waals surface area contributed by atoms with E-state index in [1.54, 1.807) is 0 Å². The fourth-order valence-electron chi connectivity index (χ4n) is 4.51. The Kier molecular flexibility index (Phi) is 5.23. The predicted octanol–water partition coefficient (Wildman–Crippen LogP) is 6.38. The minimum atomic E-state index is 0.436. The van der Waals surface area contributed by atoms with Crippen LogP contribution in [0.25, 0.3) is 28.0 Å². The van der Waals surface area contributed by atoms with Gasteiger partial charge in [0.15, 0.2) is 11.7 Å². The standard InChI is InChI=1S/C27H32N3/c1-17(2)21-13-10-14-22(18(3)4)26(21)30-20(6)28-25-24(30)15-16-29(7)27(25)23-12-9-8-11-19(23)5/h8-18H,1-7H3/q+1. The van der Waals surface area contributed by atoms with Gasteiger partial charge in [-0.2, -0.15) is 4.57 Å². The molecule has 2 aromatic heterocycles. The number of imidazole rings is 1. The van der Waals surface area contributed by atoms with Gasteiger partial charge in [0.2, 0.25) is 5.69 Å². The molecule has 0 amide bonds. The zero-order valence-electron chi connectivity index (χ0n) is 19.2. The Morgan fingerprint density at radius 2 is 1.47 bits per heavy atom. The Morgan fingerprint density at radius 3 is 2.07 bits per heavy atom. The van der Waals surface area contributed by atoms with Crippen molar-refractivity contribution in [1.82, 2.24) is 9.55 Å². The van der Waals surface area contributed by atoms with Crippen molar-refractivity contribution in [3.63, 3.8) is 0 Å². The van der Waals surface area contributed by atoms with E-state index >= 15 is 0 Å². The Bertz CT molecular complexity index is 1200. The molecule has 0 radical (unpaired) electrons. The second-order valence-corrected chi connectivity index (χ2v) is 8.91. The molecule has 0 saturated carbocycles. The lowest BCUT2D eigenvalue weighted by Crippen LogP contribution is -2.30. The number of benzene rings is 2. The zero-order chi connectivity index (χ0) is 21.6. The number of para-hydroxylation sites is 1. The molecule has 0 saturated heterocycles. The summed E-state index contributed by atoms with van der Waals surface area (Å²) >= 11 is 0. The highest BCUT2D eigenvalue weighted by molar-refractivity contribution is 5.90. The van der Waals surface area contributed by atoms with Crippen LogP contribution in [0.5, 0.6) is 0 Å². The van der Waals surface area contributed by atoms with Crippen LogP contribution >= 0.6 is 0 Å². The first-order valence-corrected chi connectivity index (χ1v) is 10.9. The Hall–Kier alpha value is -2.94. The number of fused-ring (bicyclic) bond motifs is 1. The lowest BCUT2D eigenvalue weighted by Gasteiger charge is -2.21. The lowest BCUT2D eigenvalue weighted by molar-refractivity contribution is -0.659. The maximum absolute atomic E-state index is 5.11. The van der Waals surface area contributed by atoms with Crippen molar-refractivity contribution in [2.45, 2.75) is 53.4 Å². The molecule has 0 aliphatic heterocycles. The van der Waals surface area contributed by atoms with E-state index in [4.69, 9.17) is 4.98 Å². The largest absolute Gasteiger partial charge is 0.295 e. The van der Waals surface area contributed by atoms with Crippen LogP contribution in [0.4, 0.5) is 0 Å². The van der Waals surface area contributed by atoms with Gasteiger partial charge in [-0.25, -0.2) is 4.98 Å². The van der Waals surface area contributed by atoms with E-state index in [1.165, 1.54) is 39.2 Å². The monoisotopic (exact) mass is 398 g/mol. The molecule has 0 spiro atoms. The molecule has 154 valence electrons. The molecular weight excluding hydrogens is 366 g/mol. The fraction of sp³-hybridized carbons (Fsp3) is 0.333. The third-order valence-electron chi connectivity index (χ3n) is 6.08. The second kappa shape index (κ2) is 7.71. The maximum Gasteiger partial charge on any atom is 0.240 e. The molecule has 30 heavy (non-hydrogen) atoms. The van der Waals surface area contributed by atoms with E-state index in [2.05, 4.69) is 112 Å². The van der Waals surface area contributed by atoms with E-state index < -0.39 is 0 Å². The number of hydrogen-bond acceptors (Lipinski definition) is 1. The van der Waals surface area contributed by atoms with Crippen LogP contribution in [0.1, 0.15) is 62.0 Å². The third-order valence-corrected chi connectivity index (χ3v) is 6.08. The van der Waals surface area contributed by atoms with Gasteiger partial charge >= 0.3 is 0 Å². The van der Waals surface area contributed by atoms with Gasteiger partial charge in [-0.1, -0.05) is 64.1 Å². The SMILES string of the molecule is Cc1ccccc1-c1c2nc(C)n(-c3c(C(C)C)cccc3C(C)C)c2cc[n+]1C. The smallest absolute Gasteiger partial charge is 0.240 e. The van der Waals surface area contributed by atoms with Crippen molar-refractivity contribution >= 4 is 11.0 Å². The van der Waals surface area contributed by atoms with Crippen molar-refractivity contribution in [2.24, 2.45) is 7.05 Å². The van der Waals surface area contributed by atoms with Crippen molar-refractivity contribution in [3.05, 3.63) is 77.2 Å². The summed E-state index contributed by atoms with van der Waals surface area (Å²) in [4.78, 5) is 5.11. The van der Waals surface area contributed by atoms with Gasteiger partial charge in [0.25, 0.3) is 0 Å². The highest BCUT2D eigenvalue weighted by atomic mass is 15.1. The van der Waals surface area contributed by atoms with Crippen LogP contribution in [0.15, 0.2) is 54.7 Å². The Labute approximate surface area is 180 Å². The van der Waals surface area contributed by atoms with E-state index in [0.29, 0.717) is 11.8 Å². The molecule has 2 heterocycles. The quantitative estimate of drug-likeness (QED) is 0.366. The van der Waals surface area contributed by atoms with Gasteiger partial charge in [-0.3, -0.25) is 4.57 Å². The summed E-state index contributed by atoms with van der Waals surface area (Å²) in [6, 6.07) is 17.5. The number of aryl methyl sites for hydroxylation is 3. The third kappa shape index (κ3) is 3.23. The van der Waals surface area contributed by atoms with Gasteiger partial charge in [-0.05, 0) is 48.4 Å². The summed E-state index contributed by atoms with van der Waals surface area (Å²) in [5, 5.41) is 0. The molecule has 3 heteroatoms. The van der Waals surface area contributed by atoms with Crippen LogP contribution in [-0.4, -0.2) is 9.55 Å². The van der Waals surface area contributed by atoms with Crippen molar-refractivity contribution in [2.75, 3.05) is 0 Å². The van der Waals surface area contributed by atoms with Crippen LogP contribution in [0.2, 0.25) is 0 Å². The van der Waals surface area contributed by atoms with Crippen molar-refractivity contribution in [1.29, 1.82) is 0 Å². The van der Waals surface area contributed by atoms with Gasteiger partial charge in [0, 0.05) is 6.07 Å². The van der Waals surface area contributed by atoms with E-state index in [1.807, 2.05) is 0 Å². The summed E-state index contributed by atoms with van der Waals surface area (Å²) < 4.78 is 4.57. The number of rotatable bonds is 4. The predicted molar refractivity (Wildman–Crippen MR) is 125 cm³/mol. The zero-order valence-corrected chi connectivity index (χ0v) is 19.2. The van der Waals surface area contributed by atoms with Crippen molar-refractivity contribution in [3.8, 4) is 16.9 Å². The molecule has 0 unspecified atom stereocenters. The first-order chi connectivity index (χ1) is 14.3. The summed E-state index contributed by atoms with van der Waals surface area (Å²) in [6.45, 7) is 13.4. The topological polar surface area (TPSA) is 21.7 Å². The van der Waals surface area contributed by atoms with E-state index in [0.717, 1.165) is 11.3 Å². The average molecular weight is 399 g/mol. The molecule has 4 rings (SSSR count). The average Bonchev–Trinajstić information content (AvgIpc) is 3.03. The van der Waals surface area contributed by atoms with Crippen LogP contribution in [0.3, 0.4) is 0 Å². The first kappa shape index (κ1) is 20.3. The number of nitrogens with zero attached hydrogens (tertiary/aromatic N) is 3. The van der Waals surface area contributed by atoms with Gasteiger partial charge < -0.3 is 0 Å². The lowest BCUT2D eigenvalue weighted by atomic mass is 9.92. The maximum atomic E-state index is 5.11. The van der Waals surface area contributed by atoms with E-state index in [-0.39, 0.29) is 0 Å². The molecule has 0 N–H and O–H groups in total. The van der Waals surface area contributed by atoms with Crippen LogP contribution in [0, 0.1) is 13.8 Å². The van der Waals surface area contributed by atoms with Crippen molar-refractivity contribution < 1.29 is 4.57 Å². The molecule has 0 aliphatic rings.